The van der Waals surface area contributed by atoms with Gasteiger partial charge in [-0.2, -0.15) is 0 Å². The standard InChI is InChI=1S/2C25H27OSi.C2H6Si.2ClH.Zr/c2*1-16-7-8-20-14-21(24-13-17(2)18(3)26-24)15-23(20)25(16)19-9-11-22(12-10-19)27(4,5)6;1-3-2;;;/h2*7-15H,1-6H3;1-2H3;2*1H;/q;;;;;+2/p-2. The molecule has 2 heterocycles. The van der Waals surface area contributed by atoms with Crippen LogP contribution in [0.1, 0.15) is 74.8 Å². The first kappa shape index (κ1) is 43.7. The molecule has 2 unspecified atom stereocenters. The summed E-state index contributed by atoms with van der Waals surface area (Å²) >= 11 is -5.43. The predicted molar refractivity (Wildman–Crippen MR) is 266 cm³/mol. The van der Waals surface area contributed by atoms with E-state index in [1.165, 1.54) is 66.0 Å². The van der Waals surface area contributed by atoms with Gasteiger partial charge in [0.05, 0.1) is 0 Å². The number of aryl methyl sites for hydroxylation is 6. The molecule has 0 spiro atoms. The molecule has 2 aliphatic carbocycles. The van der Waals surface area contributed by atoms with Crippen LogP contribution in [0.2, 0.25) is 52.4 Å². The van der Waals surface area contributed by atoms with Crippen LogP contribution in [0.3, 0.4) is 0 Å². The first-order valence-electron chi connectivity index (χ1n) is 21.5. The molecule has 2 aromatic heterocycles. The van der Waals surface area contributed by atoms with Gasteiger partial charge in [-0.15, -0.1) is 0 Å². The Morgan fingerprint density at radius 3 is 1.13 bits per heavy atom. The van der Waals surface area contributed by atoms with E-state index in [0.29, 0.717) is 0 Å². The SMILES string of the molecule is Cc1cc(C2=Cc3c(ccc(C)c3-c3ccc([Si](C)(C)C)cc3)[CH]2[Zr]([Cl])([Cl])([CH]2C(c3cc(C)c(C)o3)=Cc3c2ccc(C)c3-c2ccc([Si](C)(C)C)cc2)=[Si](C)C)oc1C. The van der Waals surface area contributed by atoms with Crippen LogP contribution in [0.4, 0.5) is 0 Å². The third-order valence-electron chi connectivity index (χ3n) is 13.8. The van der Waals surface area contributed by atoms with Crippen LogP contribution in [0.25, 0.3) is 45.6 Å². The molecule has 0 radical (unpaired) electrons. The molecule has 0 bridgehead atoms. The Morgan fingerprint density at radius 2 is 0.850 bits per heavy atom. The molecule has 0 saturated carbocycles. The van der Waals surface area contributed by atoms with Crippen LogP contribution >= 0.6 is 17.0 Å². The van der Waals surface area contributed by atoms with E-state index in [0.717, 1.165) is 45.3 Å². The molecular formula is C52H60Cl2O2Si3Zr. The summed E-state index contributed by atoms with van der Waals surface area (Å²) in [6.45, 7) is 32.1. The van der Waals surface area contributed by atoms with Crippen molar-refractivity contribution in [3.05, 3.63) is 152 Å². The number of benzene rings is 4. The van der Waals surface area contributed by atoms with Gasteiger partial charge in [-0.05, 0) is 0 Å². The molecule has 0 saturated heterocycles. The van der Waals surface area contributed by atoms with Crippen molar-refractivity contribution in [1.29, 1.82) is 0 Å². The van der Waals surface area contributed by atoms with E-state index in [9.17, 15) is 0 Å². The van der Waals surface area contributed by atoms with Crippen molar-refractivity contribution in [2.45, 2.75) is 101 Å². The molecule has 2 nitrogen and oxygen atoms in total. The molecule has 4 aromatic carbocycles. The topological polar surface area (TPSA) is 26.3 Å². The second kappa shape index (κ2) is 15.1. The van der Waals surface area contributed by atoms with Crippen molar-refractivity contribution < 1.29 is 23.8 Å². The Morgan fingerprint density at radius 1 is 0.500 bits per heavy atom. The maximum atomic E-state index is 9.06. The normalized spacial score (nSPS) is 16.8. The van der Waals surface area contributed by atoms with E-state index in [-0.39, 0.29) is 7.25 Å². The van der Waals surface area contributed by atoms with Crippen LogP contribution in [-0.2, 0) is 15.0 Å². The summed E-state index contributed by atoms with van der Waals surface area (Å²) in [4.78, 5) is 0. The summed E-state index contributed by atoms with van der Waals surface area (Å²) in [5.74, 6) is 3.58. The van der Waals surface area contributed by atoms with E-state index in [2.05, 4.69) is 191 Å². The van der Waals surface area contributed by atoms with Crippen molar-refractivity contribution in [3.8, 4) is 22.3 Å². The van der Waals surface area contributed by atoms with Crippen molar-refractivity contribution in [3.63, 3.8) is 0 Å². The summed E-state index contributed by atoms with van der Waals surface area (Å²) < 4.78 is 13.0. The zero-order chi connectivity index (χ0) is 43.5. The van der Waals surface area contributed by atoms with Gasteiger partial charge in [-0.25, -0.2) is 0 Å². The molecular weight excluding hydrogens is 903 g/mol. The van der Waals surface area contributed by atoms with Gasteiger partial charge in [0.15, 0.2) is 0 Å². The summed E-state index contributed by atoms with van der Waals surface area (Å²) in [6, 6.07) is 32.4. The quantitative estimate of drug-likeness (QED) is 0.142. The Hall–Kier alpha value is -2.97. The molecule has 8 rings (SSSR count). The van der Waals surface area contributed by atoms with Gasteiger partial charge >= 0.3 is 372 Å². The fraction of sp³-hybridized carbons (Fsp3) is 0.308. The third-order valence-corrected chi connectivity index (χ3v) is 64.2. The van der Waals surface area contributed by atoms with Gasteiger partial charge in [-0.1, -0.05) is 0 Å². The minimum atomic E-state index is -5.43. The van der Waals surface area contributed by atoms with Gasteiger partial charge in [0.1, 0.15) is 0 Å². The van der Waals surface area contributed by atoms with Crippen LogP contribution < -0.4 is 10.4 Å². The average Bonchev–Trinajstić information content (AvgIpc) is 3.94. The zero-order valence-electron chi connectivity index (χ0n) is 38.0. The van der Waals surface area contributed by atoms with Crippen LogP contribution in [0.5, 0.6) is 0 Å². The summed E-state index contributed by atoms with van der Waals surface area (Å²) in [7, 11) is 15.2. The van der Waals surface area contributed by atoms with E-state index in [1.54, 1.807) is 0 Å². The summed E-state index contributed by atoms with van der Waals surface area (Å²) in [5.41, 5.74) is 15.4. The molecule has 60 heavy (non-hydrogen) atoms. The maximum absolute atomic E-state index is 9.06. The molecule has 310 valence electrons. The number of hydrogen-bond acceptors (Lipinski definition) is 2. The molecule has 2 atom stereocenters. The second-order valence-electron chi connectivity index (χ2n) is 20.1. The molecule has 2 aliphatic rings. The molecule has 0 N–H and O–H groups in total. The average molecular weight is 963 g/mol. The Labute approximate surface area is 368 Å². The summed E-state index contributed by atoms with van der Waals surface area (Å²) in [6.07, 6.45) is 4.80. The van der Waals surface area contributed by atoms with Gasteiger partial charge in [0, 0.05) is 0 Å². The number of rotatable bonds is 8. The van der Waals surface area contributed by atoms with Gasteiger partial charge in [0.2, 0.25) is 0 Å². The second-order valence-corrected chi connectivity index (χ2v) is 69.0. The Balaban J connectivity index is 1.43. The van der Waals surface area contributed by atoms with Crippen LogP contribution in [0.15, 0.2) is 93.8 Å². The first-order chi connectivity index (χ1) is 28.0. The molecule has 0 amide bonds. The van der Waals surface area contributed by atoms with Crippen molar-refractivity contribution >= 4 is 72.3 Å². The van der Waals surface area contributed by atoms with Crippen LogP contribution in [-0.4, -0.2) is 21.6 Å². The van der Waals surface area contributed by atoms with Crippen molar-refractivity contribution in [2.24, 2.45) is 0 Å². The van der Waals surface area contributed by atoms with E-state index < -0.39 is 36.6 Å². The molecule has 0 fully saturated rings. The molecule has 6 aromatic rings. The van der Waals surface area contributed by atoms with E-state index >= 15 is 0 Å². The number of furan rings is 2. The van der Waals surface area contributed by atoms with Crippen LogP contribution in [0, 0.1) is 41.5 Å². The third kappa shape index (κ3) is 7.04. The zero-order valence-corrected chi connectivity index (χ0v) is 44.9. The molecule has 8 heteroatoms. The summed E-state index contributed by atoms with van der Waals surface area (Å²) in [5, 5.41) is 2.91. The predicted octanol–water partition coefficient (Wildman–Crippen LogP) is 15.3. The first-order valence-corrected chi connectivity index (χ1v) is 43.8. The van der Waals surface area contributed by atoms with E-state index in [1.807, 2.05) is 0 Å². The van der Waals surface area contributed by atoms with Crippen molar-refractivity contribution in [1.82, 2.24) is 0 Å². The Kier molecular flexibility index (Phi) is 11.0. The molecule has 0 aliphatic heterocycles. The van der Waals surface area contributed by atoms with Gasteiger partial charge < -0.3 is 0 Å². The van der Waals surface area contributed by atoms with Crippen molar-refractivity contribution in [2.75, 3.05) is 0 Å². The number of halogens is 2. The van der Waals surface area contributed by atoms with E-state index in [4.69, 9.17) is 25.9 Å². The monoisotopic (exact) mass is 960 g/mol. The minimum absolute atomic E-state index is 0.225. The number of allylic oxidation sites excluding steroid dienone is 2. The van der Waals surface area contributed by atoms with Gasteiger partial charge in [0.25, 0.3) is 0 Å². The fourth-order valence-electron chi connectivity index (χ4n) is 9.90. The Bertz CT molecular complexity index is 2640. The van der Waals surface area contributed by atoms with Gasteiger partial charge in [-0.3, -0.25) is 0 Å². The fourth-order valence-corrected chi connectivity index (χ4v) is 39.9. The number of fused-ring (bicyclic) bond motifs is 2. The number of hydrogen-bond donors (Lipinski definition) is 0.